The van der Waals surface area contributed by atoms with Crippen molar-refractivity contribution < 1.29 is 19.2 Å². The fourth-order valence-electron chi connectivity index (χ4n) is 1.70. The van der Waals surface area contributed by atoms with Crippen molar-refractivity contribution in [2.24, 2.45) is 0 Å². The lowest BCUT2D eigenvalue weighted by Gasteiger charge is -2.20. The second-order valence-electron chi connectivity index (χ2n) is 4.57. The van der Waals surface area contributed by atoms with Crippen molar-refractivity contribution in [2.75, 3.05) is 20.4 Å². The van der Waals surface area contributed by atoms with Crippen LogP contribution in [0.5, 0.6) is 0 Å². The number of quaternary nitrogens is 1. The molecular formula is C14H21N2O3S+. The number of hydrogen-bond acceptors (Lipinski definition) is 4. The topological polar surface area (TPSA) is 59.8 Å². The molecule has 0 heterocycles. The van der Waals surface area contributed by atoms with Crippen molar-refractivity contribution in [1.82, 2.24) is 5.32 Å². The van der Waals surface area contributed by atoms with Gasteiger partial charge in [0.15, 0.2) is 6.04 Å². The van der Waals surface area contributed by atoms with Crippen molar-refractivity contribution >= 4 is 23.8 Å². The maximum Gasteiger partial charge on any atom is 0.413 e. The van der Waals surface area contributed by atoms with Crippen LogP contribution in [-0.2, 0) is 16.1 Å². The molecule has 2 N–H and O–H groups in total. The van der Waals surface area contributed by atoms with E-state index >= 15 is 0 Å². The first-order valence-electron chi connectivity index (χ1n) is 6.32. The number of carbonyl (C=O) groups is 2. The average Bonchev–Trinajstić information content (AvgIpc) is 2.46. The molecule has 0 aromatic heterocycles. The Hall–Kier alpha value is -1.53. The van der Waals surface area contributed by atoms with Gasteiger partial charge in [0.2, 0.25) is 0 Å². The maximum absolute atomic E-state index is 11.8. The zero-order valence-electron chi connectivity index (χ0n) is 12.2. The van der Waals surface area contributed by atoms with Crippen LogP contribution in [0.3, 0.4) is 0 Å². The molecule has 20 heavy (non-hydrogen) atoms. The van der Waals surface area contributed by atoms with Crippen molar-refractivity contribution in [1.29, 1.82) is 0 Å². The number of imide groups is 1. The molecule has 110 valence electrons. The molecule has 0 aliphatic rings. The predicted octanol–water partition coefficient (Wildman–Crippen LogP) is 0.694. The van der Waals surface area contributed by atoms with E-state index in [1.54, 1.807) is 18.7 Å². The summed E-state index contributed by atoms with van der Waals surface area (Å²) in [5, 5.41) is 2.19. The van der Waals surface area contributed by atoms with E-state index in [2.05, 4.69) is 34.3 Å². The van der Waals surface area contributed by atoms with Crippen molar-refractivity contribution in [2.45, 2.75) is 24.4 Å². The number of benzene rings is 1. The summed E-state index contributed by atoms with van der Waals surface area (Å²) in [5.74, 6) is -0.338. The van der Waals surface area contributed by atoms with E-state index < -0.39 is 6.09 Å². The van der Waals surface area contributed by atoms with Crippen LogP contribution in [-0.4, -0.2) is 38.5 Å². The van der Waals surface area contributed by atoms with Gasteiger partial charge >= 0.3 is 6.09 Å². The minimum atomic E-state index is -0.723. The van der Waals surface area contributed by atoms with Crippen LogP contribution in [0.2, 0.25) is 0 Å². The molecule has 1 rings (SSSR count). The van der Waals surface area contributed by atoms with E-state index in [1.165, 1.54) is 12.0 Å². The normalized spacial score (nSPS) is 13.4. The van der Waals surface area contributed by atoms with Gasteiger partial charge in [-0.3, -0.25) is 10.1 Å². The fourth-order valence-corrected chi connectivity index (χ4v) is 2.11. The molecule has 1 aromatic carbocycles. The van der Waals surface area contributed by atoms with Gasteiger partial charge in [-0.25, -0.2) is 4.79 Å². The SMILES string of the molecule is COC(=O)NC(=O)[C@H](C)[NH+](C)Cc1ccc(SC)cc1. The molecule has 0 aliphatic heterocycles. The van der Waals surface area contributed by atoms with E-state index in [-0.39, 0.29) is 11.9 Å². The monoisotopic (exact) mass is 297 g/mol. The van der Waals surface area contributed by atoms with Gasteiger partial charge < -0.3 is 9.64 Å². The van der Waals surface area contributed by atoms with E-state index in [4.69, 9.17) is 0 Å². The summed E-state index contributed by atoms with van der Waals surface area (Å²) in [7, 11) is 3.15. The summed E-state index contributed by atoms with van der Waals surface area (Å²) in [5.41, 5.74) is 1.15. The average molecular weight is 297 g/mol. The number of ether oxygens (including phenoxy) is 1. The van der Waals surface area contributed by atoms with Crippen LogP contribution >= 0.6 is 11.8 Å². The van der Waals surface area contributed by atoms with Crippen molar-refractivity contribution in [3.8, 4) is 0 Å². The highest BCUT2D eigenvalue weighted by atomic mass is 32.2. The van der Waals surface area contributed by atoms with Gasteiger partial charge in [0, 0.05) is 10.5 Å². The minimum absolute atomic E-state index is 0.338. The number of carbonyl (C=O) groups excluding carboxylic acids is 2. The Morgan fingerprint density at radius 3 is 2.45 bits per heavy atom. The lowest BCUT2D eigenvalue weighted by molar-refractivity contribution is -0.908. The molecule has 6 heteroatoms. The van der Waals surface area contributed by atoms with Crippen LogP contribution in [0.15, 0.2) is 29.2 Å². The van der Waals surface area contributed by atoms with Gasteiger partial charge in [0.05, 0.1) is 14.2 Å². The molecule has 0 bridgehead atoms. The summed E-state index contributed by atoms with van der Waals surface area (Å²) in [4.78, 5) is 25.0. The lowest BCUT2D eigenvalue weighted by atomic mass is 10.2. The highest BCUT2D eigenvalue weighted by Gasteiger charge is 2.23. The number of likely N-dealkylation sites (N-methyl/N-ethyl adjacent to an activating group) is 1. The molecule has 2 amide bonds. The molecule has 0 spiro atoms. The van der Waals surface area contributed by atoms with Gasteiger partial charge in [-0.2, -0.15) is 0 Å². The van der Waals surface area contributed by atoms with Crippen LogP contribution < -0.4 is 10.2 Å². The second kappa shape index (κ2) is 7.91. The Morgan fingerprint density at radius 2 is 1.95 bits per heavy atom. The zero-order chi connectivity index (χ0) is 15.1. The Labute approximate surface area is 123 Å². The van der Waals surface area contributed by atoms with Gasteiger partial charge in [0.25, 0.3) is 5.91 Å². The third kappa shape index (κ3) is 4.86. The first kappa shape index (κ1) is 16.5. The van der Waals surface area contributed by atoms with E-state index in [1.807, 2.05) is 13.3 Å². The van der Waals surface area contributed by atoms with E-state index in [0.29, 0.717) is 6.54 Å². The number of amides is 2. The Balaban J connectivity index is 2.57. The standard InChI is InChI=1S/C14H20N2O3S/c1-10(13(17)15-14(18)19-3)16(2)9-11-5-7-12(20-4)8-6-11/h5-8,10H,9H2,1-4H3,(H,15,17,18)/p+1/t10-/m0/s1. The zero-order valence-corrected chi connectivity index (χ0v) is 13.0. The Kier molecular flexibility index (Phi) is 6.54. The second-order valence-corrected chi connectivity index (χ2v) is 5.45. The van der Waals surface area contributed by atoms with Gasteiger partial charge in [0.1, 0.15) is 6.54 Å². The number of nitrogens with one attached hydrogen (secondary N) is 2. The molecule has 5 nitrogen and oxygen atoms in total. The summed E-state index contributed by atoms with van der Waals surface area (Å²) >= 11 is 1.69. The first-order valence-corrected chi connectivity index (χ1v) is 7.54. The minimum Gasteiger partial charge on any atom is -0.453 e. The molecular weight excluding hydrogens is 276 g/mol. The van der Waals surface area contributed by atoms with Gasteiger partial charge in [-0.1, -0.05) is 12.1 Å². The Morgan fingerprint density at radius 1 is 1.35 bits per heavy atom. The summed E-state index contributed by atoms with van der Waals surface area (Å²) in [6.45, 7) is 2.49. The number of thioether (sulfide) groups is 1. The third-order valence-corrected chi connectivity index (χ3v) is 3.93. The maximum atomic E-state index is 11.8. The number of alkyl carbamates (subject to hydrolysis) is 1. The Bertz CT molecular complexity index is 462. The molecule has 0 radical (unpaired) electrons. The lowest BCUT2D eigenvalue weighted by Crippen LogP contribution is -3.12. The molecule has 0 saturated carbocycles. The van der Waals surface area contributed by atoms with Crippen LogP contribution in [0, 0.1) is 0 Å². The molecule has 2 atom stereocenters. The van der Waals surface area contributed by atoms with Crippen molar-refractivity contribution in [3.63, 3.8) is 0 Å². The third-order valence-electron chi connectivity index (χ3n) is 3.19. The summed E-state index contributed by atoms with van der Waals surface area (Å²) in [6.07, 6.45) is 1.31. The molecule has 1 unspecified atom stereocenters. The largest absolute Gasteiger partial charge is 0.453 e. The number of rotatable bonds is 5. The van der Waals surface area contributed by atoms with Crippen LogP contribution in [0.4, 0.5) is 4.79 Å². The van der Waals surface area contributed by atoms with Crippen LogP contribution in [0.25, 0.3) is 0 Å². The molecule has 0 fully saturated rings. The van der Waals surface area contributed by atoms with E-state index in [9.17, 15) is 9.59 Å². The van der Waals surface area contributed by atoms with E-state index in [0.717, 1.165) is 10.5 Å². The van der Waals surface area contributed by atoms with Crippen molar-refractivity contribution in [3.05, 3.63) is 29.8 Å². The predicted molar refractivity (Wildman–Crippen MR) is 78.8 cm³/mol. The molecule has 0 aliphatic carbocycles. The highest BCUT2D eigenvalue weighted by Crippen LogP contribution is 2.14. The number of methoxy groups -OCH3 is 1. The summed E-state index contributed by atoms with van der Waals surface area (Å²) in [6, 6.07) is 7.90. The quantitative estimate of drug-likeness (QED) is 0.785. The first-order chi connectivity index (χ1) is 9.47. The number of hydrogen-bond donors (Lipinski definition) is 2. The molecule has 1 aromatic rings. The van der Waals surface area contributed by atoms with Gasteiger partial charge in [-0.05, 0) is 25.3 Å². The highest BCUT2D eigenvalue weighted by molar-refractivity contribution is 7.98. The summed E-state index contributed by atoms with van der Waals surface area (Å²) < 4.78 is 4.41. The fraction of sp³-hybridized carbons (Fsp3) is 0.429. The van der Waals surface area contributed by atoms with Gasteiger partial charge in [-0.15, -0.1) is 11.8 Å². The molecule has 0 saturated heterocycles. The smallest absolute Gasteiger partial charge is 0.413 e. The van der Waals surface area contributed by atoms with Crippen LogP contribution in [0.1, 0.15) is 12.5 Å².